The molecule has 142 valence electrons. The fourth-order valence-electron chi connectivity index (χ4n) is 3.55. The third-order valence-corrected chi connectivity index (χ3v) is 5.30. The first-order valence-electron chi connectivity index (χ1n) is 9.73. The van der Waals surface area contributed by atoms with Gasteiger partial charge in [0.1, 0.15) is 0 Å². The largest absolute Gasteiger partial charge is 0.379 e. The molecule has 2 atom stereocenters. The van der Waals surface area contributed by atoms with E-state index in [1.54, 1.807) is 6.20 Å². The average Bonchev–Trinajstić information content (AvgIpc) is 3.52. The number of aryl methyl sites for hydroxylation is 1. The summed E-state index contributed by atoms with van der Waals surface area (Å²) in [7, 11) is 0. The van der Waals surface area contributed by atoms with E-state index in [0.717, 1.165) is 29.8 Å². The van der Waals surface area contributed by atoms with E-state index < -0.39 is 0 Å². The fourth-order valence-corrected chi connectivity index (χ4v) is 3.55. The van der Waals surface area contributed by atoms with Gasteiger partial charge in [-0.3, -0.25) is 9.78 Å². The van der Waals surface area contributed by atoms with Gasteiger partial charge >= 0.3 is 0 Å². The summed E-state index contributed by atoms with van der Waals surface area (Å²) < 4.78 is 11.7. The zero-order chi connectivity index (χ0) is 18.6. The lowest BCUT2D eigenvalue weighted by Gasteiger charge is -2.32. The summed E-state index contributed by atoms with van der Waals surface area (Å²) in [4.78, 5) is 17.5. The Labute approximate surface area is 160 Å². The summed E-state index contributed by atoms with van der Waals surface area (Å²) in [6.07, 6.45) is 5.10. The van der Waals surface area contributed by atoms with Crippen molar-refractivity contribution in [2.45, 2.75) is 38.3 Å². The van der Waals surface area contributed by atoms with Crippen molar-refractivity contribution in [3.63, 3.8) is 0 Å². The zero-order valence-electron chi connectivity index (χ0n) is 15.7. The van der Waals surface area contributed by atoms with E-state index in [1.165, 1.54) is 12.8 Å². The highest BCUT2D eigenvalue weighted by Crippen LogP contribution is 2.30. The van der Waals surface area contributed by atoms with Crippen LogP contribution in [0.1, 0.15) is 35.3 Å². The second-order valence-corrected chi connectivity index (χ2v) is 7.44. The SMILES string of the molecule is Cc1nccc(-c2ccccc2)c1C(=O)N[C@@H]1COCC[C@@H]1OCC1CC1. The van der Waals surface area contributed by atoms with E-state index in [0.29, 0.717) is 24.7 Å². The lowest BCUT2D eigenvalue weighted by molar-refractivity contribution is -0.0567. The first-order valence-corrected chi connectivity index (χ1v) is 9.73. The predicted molar refractivity (Wildman–Crippen MR) is 104 cm³/mol. The number of amides is 1. The van der Waals surface area contributed by atoms with Crippen molar-refractivity contribution < 1.29 is 14.3 Å². The molecule has 1 saturated carbocycles. The monoisotopic (exact) mass is 366 g/mol. The van der Waals surface area contributed by atoms with Crippen LogP contribution < -0.4 is 5.32 Å². The highest BCUT2D eigenvalue weighted by atomic mass is 16.5. The Morgan fingerprint density at radius 1 is 1.22 bits per heavy atom. The maximum Gasteiger partial charge on any atom is 0.254 e. The van der Waals surface area contributed by atoms with Crippen LogP contribution in [0.15, 0.2) is 42.6 Å². The number of ether oxygens (including phenoxy) is 2. The van der Waals surface area contributed by atoms with Crippen LogP contribution in [0.2, 0.25) is 0 Å². The van der Waals surface area contributed by atoms with Crippen molar-refractivity contribution in [3.05, 3.63) is 53.9 Å². The van der Waals surface area contributed by atoms with E-state index in [2.05, 4.69) is 10.3 Å². The first-order chi connectivity index (χ1) is 13.2. The minimum absolute atomic E-state index is 0.0143. The van der Waals surface area contributed by atoms with Crippen LogP contribution in [-0.4, -0.2) is 42.9 Å². The molecule has 27 heavy (non-hydrogen) atoms. The summed E-state index contributed by atoms with van der Waals surface area (Å²) >= 11 is 0. The predicted octanol–water partition coefficient (Wildman–Crippen LogP) is 3.37. The van der Waals surface area contributed by atoms with Gasteiger partial charge in [0.2, 0.25) is 0 Å². The molecule has 2 aromatic rings. The second-order valence-electron chi connectivity index (χ2n) is 7.44. The molecule has 0 unspecified atom stereocenters. The highest BCUT2D eigenvalue weighted by molar-refractivity contribution is 6.02. The van der Waals surface area contributed by atoms with E-state index in [9.17, 15) is 4.79 Å². The van der Waals surface area contributed by atoms with Gasteiger partial charge in [0.15, 0.2) is 0 Å². The van der Waals surface area contributed by atoms with Gasteiger partial charge in [-0.05, 0) is 49.3 Å². The second kappa shape index (κ2) is 8.19. The smallest absolute Gasteiger partial charge is 0.254 e. The van der Waals surface area contributed by atoms with Crippen molar-refractivity contribution in [3.8, 4) is 11.1 Å². The number of nitrogens with one attached hydrogen (secondary N) is 1. The average molecular weight is 366 g/mol. The molecule has 1 amide bonds. The number of hydrogen-bond donors (Lipinski definition) is 1. The number of carbonyl (C=O) groups excluding carboxylic acids is 1. The minimum Gasteiger partial charge on any atom is -0.379 e. The van der Waals surface area contributed by atoms with Gasteiger partial charge in [0.05, 0.1) is 30.0 Å². The van der Waals surface area contributed by atoms with Gasteiger partial charge in [-0.15, -0.1) is 0 Å². The number of nitrogens with zero attached hydrogens (tertiary/aromatic N) is 1. The molecule has 1 aliphatic heterocycles. The van der Waals surface area contributed by atoms with Gasteiger partial charge in [-0.1, -0.05) is 30.3 Å². The fraction of sp³-hybridized carbons (Fsp3) is 0.455. The Morgan fingerprint density at radius 3 is 2.81 bits per heavy atom. The van der Waals surface area contributed by atoms with Gasteiger partial charge in [0.25, 0.3) is 5.91 Å². The maximum absolute atomic E-state index is 13.2. The molecule has 4 rings (SSSR count). The van der Waals surface area contributed by atoms with Gasteiger partial charge < -0.3 is 14.8 Å². The molecule has 5 heteroatoms. The molecule has 1 N–H and O–H groups in total. The molecular weight excluding hydrogens is 340 g/mol. The summed E-state index contributed by atoms with van der Waals surface area (Å²) in [5, 5.41) is 3.15. The molecule has 1 aromatic heterocycles. The van der Waals surface area contributed by atoms with Crippen LogP contribution in [0.3, 0.4) is 0 Å². The molecule has 1 aromatic carbocycles. The lowest BCUT2D eigenvalue weighted by Crippen LogP contribution is -2.51. The molecule has 1 saturated heterocycles. The number of benzene rings is 1. The van der Waals surface area contributed by atoms with E-state index in [4.69, 9.17) is 9.47 Å². The molecule has 0 spiro atoms. The normalized spacial score (nSPS) is 22.4. The Bertz CT molecular complexity index is 789. The quantitative estimate of drug-likeness (QED) is 0.851. The molecule has 1 aliphatic carbocycles. The highest BCUT2D eigenvalue weighted by Gasteiger charge is 2.31. The van der Waals surface area contributed by atoms with Crippen molar-refractivity contribution in [2.75, 3.05) is 19.8 Å². The number of carbonyl (C=O) groups is 1. The lowest BCUT2D eigenvalue weighted by atomic mass is 9.98. The summed E-state index contributed by atoms with van der Waals surface area (Å²) in [6.45, 7) is 3.84. The van der Waals surface area contributed by atoms with Gasteiger partial charge in [0, 0.05) is 19.4 Å². The minimum atomic E-state index is -0.131. The summed E-state index contributed by atoms with van der Waals surface area (Å²) in [6, 6.07) is 11.7. The third-order valence-electron chi connectivity index (χ3n) is 5.30. The Morgan fingerprint density at radius 2 is 2.04 bits per heavy atom. The Hall–Kier alpha value is -2.24. The molecule has 2 aliphatic rings. The van der Waals surface area contributed by atoms with Gasteiger partial charge in [-0.25, -0.2) is 0 Å². The topological polar surface area (TPSA) is 60.5 Å². The summed E-state index contributed by atoms with van der Waals surface area (Å²) in [5.74, 6) is 0.587. The standard InChI is InChI=1S/C22H26N2O3/c1-15-21(18(9-11-23-15)17-5-3-2-4-6-17)22(25)24-19-14-26-12-10-20(19)27-13-16-7-8-16/h2-6,9,11,16,19-20H,7-8,10,12-14H2,1H3,(H,24,25)/t19-,20+/m1/s1. The van der Waals surface area contributed by atoms with Crippen LogP contribution >= 0.6 is 0 Å². The third kappa shape index (κ3) is 4.37. The van der Waals surface area contributed by atoms with Crippen molar-refractivity contribution in [2.24, 2.45) is 5.92 Å². The molecule has 0 radical (unpaired) electrons. The Kier molecular flexibility index (Phi) is 5.50. The van der Waals surface area contributed by atoms with E-state index in [1.807, 2.05) is 43.3 Å². The number of pyridine rings is 1. The first kappa shape index (κ1) is 18.1. The van der Waals surface area contributed by atoms with Crippen LogP contribution in [0.4, 0.5) is 0 Å². The van der Waals surface area contributed by atoms with Crippen LogP contribution in [0.25, 0.3) is 11.1 Å². The molecule has 2 heterocycles. The number of hydrogen-bond acceptors (Lipinski definition) is 4. The number of aromatic nitrogens is 1. The maximum atomic E-state index is 13.2. The van der Waals surface area contributed by atoms with Crippen molar-refractivity contribution in [1.29, 1.82) is 0 Å². The number of rotatable bonds is 6. The molecular formula is C22H26N2O3. The van der Waals surface area contributed by atoms with Gasteiger partial charge in [-0.2, -0.15) is 0 Å². The molecule has 2 fully saturated rings. The van der Waals surface area contributed by atoms with E-state index >= 15 is 0 Å². The van der Waals surface area contributed by atoms with Crippen molar-refractivity contribution >= 4 is 5.91 Å². The Balaban J connectivity index is 1.53. The van der Waals surface area contributed by atoms with Crippen LogP contribution in [0, 0.1) is 12.8 Å². The molecule has 0 bridgehead atoms. The molecule has 5 nitrogen and oxygen atoms in total. The summed E-state index contributed by atoms with van der Waals surface area (Å²) in [5.41, 5.74) is 3.25. The zero-order valence-corrected chi connectivity index (χ0v) is 15.7. The van der Waals surface area contributed by atoms with E-state index in [-0.39, 0.29) is 18.1 Å². The van der Waals surface area contributed by atoms with Crippen LogP contribution in [-0.2, 0) is 9.47 Å². The van der Waals surface area contributed by atoms with Crippen molar-refractivity contribution in [1.82, 2.24) is 10.3 Å². The van der Waals surface area contributed by atoms with Crippen LogP contribution in [0.5, 0.6) is 0 Å².